The van der Waals surface area contributed by atoms with Crippen LogP contribution in [0.5, 0.6) is 0 Å². The van der Waals surface area contributed by atoms with E-state index in [0.29, 0.717) is 20.8 Å². The van der Waals surface area contributed by atoms with Gasteiger partial charge in [-0.3, -0.25) is 0 Å². The summed E-state index contributed by atoms with van der Waals surface area (Å²) in [5, 5.41) is 16.6. The molecule has 0 fully saturated rings. The van der Waals surface area contributed by atoms with Gasteiger partial charge in [0.15, 0.2) is 14.2 Å². The Bertz CT molecular complexity index is 749. The maximum atomic E-state index is 12.1. The predicted octanol–water partition coefficient (Wildman–Crippen LogP) is 1.56. The Kier molecular flexibility index (Phi) is 4.59. The Morgan fingerprint density at radius 2 is 2.20 bits per heavy atom. The van der Waals surface area contributed by atoms with Crippen LogP contribution < -0.4 is 5.73 Å². The predicted molar refractivity (Wildman–Crippen MR) is 78.3 cm³/mol. The van der Waals surface area contributed by atoms with Crippen molar-refractivity contribution in [1.82, 2.24) is 10.2 Å². The highest BCUT2D eigenvalue weighted by Crippen LogP contribution is 2.24. The highest BCUT2D eigenvalue weighted by atomic mass is 32.2. The molecule has 0 saturated heterocycles. The molecule has 6 nitrogen and oxygen atoms in total. The van der Waals surface area contributed by atoms with Gasteiger partial charge in [0.25, 0.3) is 0 Å². The van der Waals surface area contributed by atoms with E-state index >= 15 is 0 Å². The highest BCUT2D eigenvalue weighted by Gasteiger charge is 2.15. The molecule has 0 radical (unpaired) electrons. The number of anilines is 1. The van der Waals surface area contributed by atoms with E-state index in [9.17, 15) is 8.42 Å². The number of hydrogen-bond donors (Lipinski definition) is 1. The van der Waals surface area contributed by atoms with Gasteiger partial charge in [-0.1, -0.05) is 29.2 Å². The zero-order valence-corrected chi connectivity index (χ0v) is 12.6. The van der Waals surface area contributed by atoms with Crippen molar-refractivity contribution in [3.63, 3.8) is 0 Å². The number of thioether (sulfide) groups is 1. The number of rotatable bonds is 5. The fraction of sp³-hybridized carbons (Fsp3) is 0.182. The van der Waals surface area contributed by atoms with E-state index in [-0.39, 0.29) is 10.6 Å². The maximum absolute atomic E-state index is 12.1. The van der Waals surface area contributed by atoms with Gasteiger partial charge < -0.3 is 5.73 Å². The number of nitriles is 1. The van der Waals surface area contributed by atoms with Crippen LogP contribution in [0.3, 0.4) is 0 Å². The molecule has 0 aliphatic rings. The van der Waals surface area contributed by atoms with Gasteiger partial charge in [-0.2, -0.15) is 5.26 Å². The fourth-order valence-electron chi connectivity index (χ4n) is 1.39. The summed E-state index contributed by atoms with van der Waals surface area (Å²) in [6, 6.07) is 7.92. The smallest absolute Gasteiger partial charge is 0.203 e. The van der Waals surface area contributed by atoms with Gasteiger partial charge in [0.2, 0.25) is 5.13 Å². The minimum Gasteiger partial charge on any atom is -0.374 e. The Morgan fingerprint density at radius 3 is 2.85 bits per heavy atom. The minimum absolute atomic E-state index is 0.0357. The van der Waals surface area contributed by atoms with Crippen LogP contribution in [-0.4, -0.2) is 30.1 Å². The number of hydrogen-bond acceptors (Lipinski definition) is 8. The molecule has 20 heavy (non-hydrogen) atoms. The third-order valence-electron chi connectivity index (χ3n) is 2.32. The molecule has 2 aromatic rings. The first kappa shape index (κ1) is 14.8. The summed E-state index contributed by atoms with van der Waals surface area (Å²) in [6.07, 6.45) is 0. The summed E-state index contributed by atoms with van der Waals surface area (Å²) in [4.78, 5) is 0.161. The third kappa shape index (κ3) is 3.69. The Labute approximate surface area is 124 Å². The van der Waals surface area contributed by atoms with Crippen molar-refractivity contribution in [2.75, 3.05) is 17.2 Å². The molecule has 104 valence electrons. The number of sulfone groups is 1. The van der Waals surface area contributed by atoms with E-state index < -0.39 is 9.84 Å². The Balaban J connectivity index is 2.02. The van der Waals surface area contributed by atoms with Crippen LogP contribution >= 0.6 is 23.1 Å². The van der Waals surface area contributed by atoms with E-state index in [0.717, 1.165) is 0 Å². The molecule has 0 saturated carbocycles. The fourth-order valence-corrected chi connectivity index (χ4v) is 4.79. The van der Waals surface area contributed by atoms with Gasteiger partial charge in [0.05, 0.1) is 22.3 Å². The molecule has 0 bridgehead atoms. The summed E-state index contributed by atoms with van der Waals surface area (Å²) in [5.41, 5.74) is 5.77. The van der Waals surface area contributed by atoms with Crippen molar-refractivity contribution in [3.05, 3.63) is 29.8 Å². The zero-order valence-electron chi connectivity index (χ0n) is 10.2. The Hall–Kier alpha value is -1.63. The van der Waals surface area contributed by atoms with Crippen molar-refractivity contribution in [2.24, 2.45) is 0 Å². The van der Waals surface area contributed by atoms with Gasteiger partial charge in [-0.25, -0.2) is 8.42 Å². The van der Waals surface area contributed by atoms with E-state index in [4.69, 9.17) is 11.0 Å². The normalized spacial score (nSPS) is 11.2. The zero-order chi connectivity index (χ0) is 14.6. The summed E-state index contributed by atoms with van der Waals surface area (Å²) < 4.78 is 24.9. The largest absolute Gasteiger partial charge is 0.374 e. The lowest BCUT2D eigenvalue weighted by molar-refractivity contribution is 0.597. The topological polar surface area (TPSA) is 110 Å². The number of nitrogens with zero attached hydrogens (tertiary/aromatic N) is 3. The van der Waals surface area contributed by atoms with E-state index in [2.05, 4.69) is 10.2 Å². The van der Waals surface area contributed by atoms with Crippen molar-refractivity contribution in [1.29, 1.82) is 5.26 Å². The van der Waals surface area contributed by atoms with Crippen molar-refractivity contribution >= 4 is 38.1 Å². The lowest BCUT2D eigenvalue weighted by atomic mass is 10.2. The molecule has 0 unspecified atom stereocenters. The second kappa shape index (κ2) is 6.21. The first-order valence-electron chi connectivity index (χ1n) is 5.46. The van der Waals surface area contributed by atoms with Gasteiger partial charge in [0.1, 0.15) is 0 Å². The lowest BCUT2D eigenvalue weighted by Crippen LogP contribution is -2.09. The first-order valence-corrected chi connectivity index (χ1v) is 8.91. The standard InChI is InChI=1S/C11H10N4O2S3/c12-7-8-2-1-3-9(6-8)20(16,17)5-4-18-11-15-14-10(13)19-11/h1-3,6H,4-5H2,(H2,13,14). The molecule has 2 N–H and O–H groups in total. The molecule has 0 aliphatic carbocycles. The van der Waals surface area contributed by atoms with Crippen LogP contribution in [0.25, 0.3) is 0 Å². The average Bonchev–Trinajstić information content (AvgIpc) is 2.84. The lowest BCUT2D eigenvalue weighted by Gasteiger charge is -2.03. The van der Waals surface area contributed by atoms with Crippen molar-refractivity contribution in [2.45, 2.75) is 9.24 Å². The van der Waals surface area contributed by atoms with Crippen molar-refractivity contribution < 1.29 is 8.42 Å². The van der Waals surface area contributed by atoms with Crippen LogP contribution in [0.4, 0.5) is 5.13 Å². The highest BCUT2D eigenvalue weighted by molar-refractivity contribution is 8.02. The van der Waals surface area contributed by atoms with Crippen LogP contribution in [-0.2, 0) is 9.84 Å². The second-order valence-electron chi connectivity index (χ2n) is 3.71. The van der Waals surface area contributed by atoms with E-state index in [1.54, 1.807) is 12.1 Å². The summed E-state index contributed by atoms with van der Waals surface area (Å²) in [7, 11) is -3.40. The number of nitrogens with two attached hydrogens (primary N) is 1. The number of aromatic nitrogens is 2. The Morgan fingerprint density at radius 1 is 1.40 bits per heavy atom. The molecule has 0 spiro atoms. The molecule has 9 heteroatoms. The molecule has 0 atom stereocenters. The number of benzene rings is 1. The molecule has 0 amide bonds. The average molecular weight is 326 g/mol. The molecule has 1 aromatic heterocycles. The molecule has 0 aliphatic heterocycles. The summed E-state index contributed by atoms with van der Waals surface area (Å²) in [5.74, 6) is 0.319. The van der Waals surface area contributed by atoms with E-state index in [1.807, 2.05) is 6.07 Å². The minimum atomic E-state index is -3.40. The monoisotopic (exact) mass is 326 g/mol. The maximum Gasteiger partial charge on any atom is 0.203 e. The second-order valence-corrected chi connectivity index (χ2v) is 8.17. The number of nitrogen functional groups attached to an aromatic ring is 1. The van der Waals surface area contributed by atoms with Gasteiger partial charge in [0, 0.05) is 5.75 Å². The van der Waals surface area contributed by atoms with Crippen LogP contribution in [0.2, 0.25) is 0 Å². The van der Waals surface area contributed by atoms with Crippen LogP contribution in [0, 0.1) is 11.3 Å². The SMILES string of the molecule is N#Cc1cccc(S(=O)(=O)CCSc2nnc(N)s2)c1. The third-order valence-corrected chi connectivity index (χ3v) is 6.18. The van der Waals surface area contributed by atoms with Gasteiger partial charge in [-0.05, 0) is 18.2 Å². The molecular weight excluding hydrogens is 316 g/mol. The summed E-state index contributed by atoms with van der Waals surface area (Å²) in [6.45, 7) is 0. The molecule has 1 aromatic carbocycles. The van der Waals surface area contributed by atoms with Gasteiger partial charge in [-0.15, -0.1) is 10.2 Å². The quantitative estimate of drug-likeness (QED) is 0.830. The molecule has 2 rings (SSSR count). The van der Waals surface area contributed by atoms with Crippen LogP contribution in [0.1, 0.15) is 5.56 Å². The molecule has 1 heterocycles. The van der Waals surface area contributed by atoms with Gasteiger partial charge >= 0.3 is 0 Å². The van der Waals surface area contributed by atoms with Crippen molar-refractivity contribution in [3.8, 4) is 6.07 Å². The molecular formula is C11H10N4O2S3. The first-order chi connectivity index (χ1) is 9.51. The summed E-state index contributed by atoms with van der Waals surface area (Å²) >= 11 is 2.51. The van der Waals surface area contributed by atoms with Crippen LogP contribution in [0.15, 0.2) is 33.5 Å². The van der Waals surface area contributed by atoms with E-state index in [1.165, 1.54) is 35.2 Å².